The topological polar surface area (TPSA) is 80.7 Å². The molecule has 3 aromatic rings. The second-order valence-corrected chi connectivity index (χ2v) is 8.89. The van der Waals surface area contributed by atoms with Crippen LogP contribution >= 0.6 is 27.9 Å². The van der Waals surface area contributed by atoms with Crippen molar-refractivity contribution < 1.29 is 32.5 Å². The zero-order valence-corrected chi connectivity index (χ0v) is 19.6. The summed E-state index contributed by atoms with van der Waals surface area (Å²) in [5.41, 5.74) is 1.35. The molecule has 0 saturated heterocycles. The van der Waals surface area contributed by atoms with Crippen LogP contribution in [0.15, 0.2) is 45.9 Å². The van der Waals surface area contributed by atoms with Crippen LogP contribution < -0.4 is 9.46 Å². The van der Waals surface area contributed by atoms with Crippen molar-refractivity contribution >= 4 is 39.5 Å². The van der Waals surface area contributed by atoms with Crippen molar-refractivity contribution in [1.29, 1.82) is 0 Å². The SMILES string of the molecule is COc1c(C)cc2cc1NSc1cc(cc(Br)c1O)C(=O)OCc1cc(C(F)(F)F)ncc1-2. The number of benzene rings is 2. The first-order chi connectivity index (χ1) is 15.6. The minimum atomic E-state index is -4.66. The fourth-order valence-electron chi connectivity index (χ4n) is 3.41. The fourth-order valence-corrected chi connectivity index (χ4v) is 4.77. The lowest BCUT2D eigenvalue weighted by Gasteiger charge is -2.17. The summed E-state index contributed by atoms with van der Waals surface area (Å²) in [4.78, 5) is 16.6. The fraction of sp³-hybridized carbons (Fsp3) is 0.182. The number of hydrogen-bond acceptors (Lipinski definition) is 7. The molecule has 0 fully saturated rings. The molecule has 172 valence electrons. The first kappa shape index (κ1) is 23.2. The van der Waals surface area contributed by atoms with E-state index < -0.39 is 24.4 Å². The number of aromatic nitrogens is 1. The number of fused-ring (bicyclic) bond motifs is 6. The molecule has 1 aliphatic heterocycles. The average molecular weight is 541 g/mol. The van der Waals surface area contributed by atoms with Crippen molar-refractivity contribution in [2.75, 3.05) is 11.8 Å². The van der Waals surface area contributed by atoms with Gasteiger partial charge in [0.05, 0.1) is 27.7 Å². The van der Waals surface area contributed by atoms with E-state index in [1.54, 1.807) is 19.1 Å². The highest BCUT2D eigenvalue weighted by atomic mass is 79.9. The standard InChI is InChI=1S/C22H16BrF3N2O4S/c1-10-3-11-5-16(20(10)31-2)28-33-17-6-12(4-15(23)19(17)29)21(30)32-9-13-7-18(22(24,25)26)27-8-14(11)13/h3-8,28-29H,9H2,1-2H3. The first-order valence-corrected chi connectivity index (χ1v) is 11.1. The Morgan fingerprint density at radius 3 is 2.67 bits per heavy atom. The number of aromatic hydroxyl groups is 1. The average Bonchev–Trinajstić information content (AvgIpc) is 2.77. The number of nitrogens with one attached hydrogen (secondary N) is 1. The molecule has 0 radical (unpaired) electrons. The molecule has 11 heteroatoms. The Kier molecular flexibility index (Phi) is 6.19. The molecule has 0 atom stereocenters. The normalized spacial score (nSPS) is 13.6. The molecule has 0 spiro atoms. The van der Waals surface area contributed by atoms with Gasteiger partial charge in [-0.1, -0.05) is 0 Å². The lowest BCUT2D eigenvalue weighted by molar-refractivity contribution is -0.141. The number of phenols is 1. The van der Waals surface area contributed by atoms with E-state index >= 15 is 0 Å². The van der Waals surface area contributed by atoms with Gasteiger partial charge in [0.25, 0.3) is 0 Å². The molecule has 2 heterocycles. The Bertz CT molecular complexity index is 1270. The van der Waals surface area contributed by atoms with E-state index in [9.17, 15) is 23.1 Å². The summed E-state index contributed by atoms with van der Waals surface area (Å²) in [5, 5.41) is 10.4. The van der Waals surface area contributed by atoms with Gasteiger partial charge < -0.3 is 19.3 Å². The summed E-state index contributed by atoms with van der Waals surface area (Å²) in [7, 11) is 1.50. The van der Waals surface area contributed by atoms with Crippen molar-refractivity contribution in [3.8, 4) is 22.6 Å². The molecule has 4 bridgehead atoms. The number of phenolic OH excluding ortho intramolecular Hbond substituents is 1. The quantitative estimate of drug-likeness (QED) is 0.275. The van der Waals surface area contributed by atoms with Crippen LogP contribution in [-0.4, -0.2) is 23.2 Å². The van der Waals surface area contributed by atoms with Crippen molar-refractivity contribution in [2.24, 2.45) is 0 Å². The Balaban J connectivity index is 1.93. The minimum Gasteiger partial charge on any atom is -0.506 e. The largest absolute Gasteiger partial charge is 0.506 e. The van der Waals surface area contributed by atoms with E-state index in [0.29, 0.717) is 27.5 Å². The number of carbonyl (C=O) groups excluding carboxylic acids is 1. The molecule has 0 saturated carbocycles. The van der Waals surface area contributed by atoms with Crippen LogP contribution in [0.4, 0.5) is 18.9 Å². The lowest BCUT2D eigenvalue weighted by Crippen LogP contribution is -2.11. The number of cyclic esters (lactones) is 1. The van der Waals surface area contributed by atoms with Gasteiger partial charge in [-0.05, 0) is 76.3 Å². The van der Waals surface area contributed by atoms with Gasteiger partial charge in [0, 0.05) is 17.3 Å². The number of pyridine rings is 1. The smallest absolute Gasteiger partial charge is 0.433 e. The molecule has 0 amide bonds. The van der Waals surface area contributed by atoms with Gasteiger partial charge in [0.1, 0.15) is 23.8 Å². The van der Waals surface area contributed by atoms with E-state index in [1.807, 2.05) is 0 Å². The highest BCUT2D eigenvalue weighted by Gasteiger charge is 2.33. The molecular weight excluding hydrogens is 525 g/mol. The third-order valence-corrected chi connectivity index (χ3v) is 6.42. The van der Waals surface area contributed by atoms with E-state index in [0.717, 1.165) is 29.8 Å². The molecular formula is C22H16BrF3N2O4S. The van der Waals surface area contributed by atoms with E-state index in [2.05, 4.69) is 25.6 Å². The Hall–Kier alpha value is -2.92. The van der Waals surface area contributed by atoms with Crippen LogP contribution in [0.2, 0.25) is 0 Å². The maximum Gasteiger partial charge on any atom is 0.433 e. The number of hydrogen-bond donors (Lipinski definition) is 2. The summed E-state index contributed by atoms with van der Waals surface area (Å²) >= 11 is 4.25. The van der Waals surface area contributed by atoms with Crippen molar-refractivity contribution in [2.45, 2.75) is 24.6 Å². The summed E-state index contributed by atoms with van der Waals surface area (Å²) in [6.07, 6.45) is -3.54. The summed E-state index contributed by atoms with van der Waals surface area (Å²) in [6, 6.07) is 7.12. The van der Waals surface area contributed by atoms with Gasteiger partial charge in [0.2, 0.25) is 0 Å². The van der Waals surface area contributed by atoms with Crippen LogP contribution in [-0.2, 0) is 17.5 Å². The van der Waals surface area contributed by atoms with E-state index in [4.69, 9.17) is 9.47 Å². The highest BCUT2D eigenvalue weighted by Crippen LogP contribution is 2.42. The summed E-state index contributed by atoms with van der Waals surface area (Å²) in [5.74, 6) is -0.328. The molecule has 2 aromatic carbocycles. The number of anilines is 1. The second-order valence-electron chi connectivity index (χ2n) is 7.18. The minimum absolute atomic E-state index is 0.0897. The molecule has 6 nitrogen and oxygen atoms in total. The van der Waals surface area contributed by atoms with Crippen molar-refractivity contribution in [1.82, 2.24) is 4.98 Å². The second kappa shape index (κ2) is 8.79. The van der Waals surface area contributed by atoms with Gasteiger partial charge in [-0.25, -0.2) is 4.79 Å². The highest BCUT2D eigenvalue weighted by molar-refractivity contribution is 9.10. The van der Waals surface area contributed by atoms with Gasteiger partial charge >= 0.3 is 12.1 Å². The van der Waals surface area contributed by atoms with E-state index in [1.165, 1.54) is 19.2 Å². The third-order valence-electron chi connectivity index (χ3n) is 4.96. The van der Waals surface area contributed by atoms with Crippen LogP contribution in [0.1, 0.15) is 27.2 Å². The number of halogens is 4. The summed E-state index contributed by atoms with van der Waals surface area (Å²) in [6.45, 7) is 1.39. The zero-order chi connectivity index (χ0) is 23.9. The Morgan fingerprint density at radius 2 is 1.97 bits per heavy atom. The van der Waals surface area contributed by atoms with Gasteiger partial charge in [-0.2, -0.15) is 13.2 Å². The van der Waals surface area contributed by atoms with Gasteiger partial charge in [0.15, 0.2) is 0 Å². The van der Waals surface area contributed by atoms with E-state index in [-0.39, 0.29) is 21.3 Å². The number of methoxy groups -OCH3 is 1. The predicted molar refractivity (Wildman–Crippen MR) is 120 cm³/mol. The monoisotopic (exact) mass is 540 g/mol. The van der Waals surface area contributed by atoms with Crippen LogP contribution in [0.5, 0.6) is 11.5 Å². The summed E-state index contributed by atoms with van der Waals surface area (Å²) < 4.78 is 54.1. The zero-order valence-electron chi connectivity index (χ0n) is 17.2. The van der Waals surface area contributed by atoms with Gasteiger partial charge in [-0.15, -0.1) is 0 Å². The molecule has 1 aromatic heterocycles. The molecule has 0 aliphatic carbocycles. The predicted octanol–water partition coefficient (Wildman–Crippen LogP) is 6.34. The first-order valence-electron chi connectivity index (χ1n) is 9.46. The van der Waals surface area contributed by atoms with Gasteiger partial charge in [-0.3, -0.25) is 4.98 Å². The maximum absolute atomic E-state index is 13.3. The number of alkyl halides is 3. The Labute approximate surface area is 199 Å². The van der Waals surface area contributed by atoms with Crippen molar-refractivity contribution in [3.05, 3.63) is 63.4 Å². The number of ether oxygens (including phenoxy) is 2. The molecule has 1 aliphatic rings. The van der Waals surface area contributed by atoms with Crippen LogP contribution in [0.25, 0.3) is 11.1 Å². The maximum atomic E-state index is 13.3. The Morgan fingerprint density at radius 1 is 1.21 bits per heavy atom. The molecule has 4 rings (SSSR count). The molecule has 33 heavy (non-hydrogen) atoms. The number of nitrogens with zero attached hydrogens (tertiary/aromatic N) is 1. The number of carbonyl (C=O) groups is 1. The number of aryl methyl sites for hydroxylation is 1. The van der Waals surface area contributed by atoms with Crippen molar-refractivity contribution in [3.63, 3.8) is 0 Å². The van der Waals surface area contributed by atoms with Crippen LogP contribution in [0, 0.1) is 6.92 Å². The third kappa shape index (κ3) is 4.60. The van der Waals surface area contributed by atoms with Crippen LogP contribution in [0.3, 0.4) is 0 Å². The number of rotatable bonds is 1. The molecule has 0 unspecified atom stereocenters. The lowest BCUT2D eigenvalue weighted by atomic mass is 9.98. The number of esters is 1. The molecule has 2 N–H and O–H groups in total.